The van der Waals surface area contributed by atoms with E-state index in [0.29, 0.717) is 6.04 Å². The second-order valence-electron chi connectivity index (χ2n) is 4.80. The summed E-state index contributed by atoms with van der Waals surface area (Å²) in [5, 5.41) is 5.98. The average Bonchev–Trinajstić information content (AvgIpc) is 2.47. The number of urea groups is 1. The van der Waals surface area contributed by atoms with E-state index in [1.807, 2.05) is 37.4 Å². The Morgan fingerprint density at radius 2 is 1.84 bits per heavy atom. The summed E-state index contributed by atoms with van der Waals surface area (Å²) in [5.74, 6) is 0. The van der Waals surface area contributed by atoms with Crippen molar-refractivity contribution in [1.82, 2.24) is 10.8 Å². The number of amides is 2. The van der Waals surface area contributed by atoms with Crippen LogP contribution in [0, 0.1) is 0 Å². The molecule has 19 heavy (non-hydrogen) atoms. The molecule has 0 radical (unpaired) electrons. The van der Waals surface area contributed by atoms with Crippen LogP contribution in [0.2, 0.25) is 0 Å². The molecule has 1 aliphatic rings. The Kier molecular flexibility index (Phi) is 5.18. The Morgan fingerprint density at radius 1 is 1.16 bits per heavy atom. The summed E-state index contributed by atoms with van der Waals surface area (Å²) in [5.41, 5.74) is 3.22. The number of carbonyl (C=O) groups excluding carboxylic acids is 1. The molecule has 2 rings (SSSR count). The summed E-state index contributed by atoms with van der Waals surface area (Å²) in [7, 11) is 1.98. The number of hydrogen-bond donors (Lipinski definition) is 3. The van der Waals surface area contributed by atoms with Crippen molar-refractivity contribution < 1.29 is 9.63 Å². The van der Waals surface area contributed by atoms with Gasteiger partial charge in [-0.1, -0.05) is 18.2 Å². The van der Waals surface area contributed by atoms with Gasteiger partial charge in [0.1, 0.15) is 0 Å². The molecule has 0 saturated heterocycles. The van der Waals surface area contributed by atoms with Crippen molar-refractivity contribution in [2.45, 2.75) is 37.8 Å². The van der Waals surface area contributed by atoms with Crippen LogP contribution in [0.3, 0.4) is 0 Å². The van der Waals surface area contributed by atoms with Gasteiger partial charge in [-0.15, -0.1) is 0 Å². The zero-order valence-corrected chi connectivity index (χ0v) is 11.2. The molecule has 5 heteroatoms. The first kappa shape index (κ1) is 13.8. The lowest BCUT2D eigenvalue weighted by Gasteiger charge is -2.27. The summed E-state index contributed by atoms with van der Waals surface area (Å²) in [6.45, 7) is 0. The van der Waals surface area contributed by atoms with Crippen molar-refractivity contribution in [3.63, 3.8) is 0 Å². The molecule has 0 spiro atoms. The van der Waals surface area contributed by atoms with Gasteiger partial charge in [0.05, 0.1) is 6.10 Å². The number of nitrogens with one attached hydrogen (secondary N) is 3. The van der Waals surface area contributed by atoms with Gasteiger partial charge in [0, 0.05) is 11.7 Å². The van der Waals surface area contributed by atoms with Crippen molar-refractivity contribution in [1.29, 1.82) is 0 Å². The zero-order valence-electron chi connectivity index (χ0n) is 11.2. The van der Waals surface area contributed by atoms with Crippen LogP contribution in [-0.4, -0.2) is 25.2 Å². The summed E-state index contributed by atoms with van der Waals surface area (Å²) < 4.78 is 0. The maximum Gasteiger partial charge on any atom is 0.343 e. The van der Waals surface area contributed by atoms with Gasteiger partial charge >= 0.3 is 6.03 Å². The van der Waals surface area contributed by atoms with Crippen molar-refractivity contribution in [2.75, 3.05) is 12.4 Å². The molecular formula is C14H21N3O2. The molecule has 104 valence electrons. The fourth-order valence-corrected chi connectivity index (χ4v) is 2.28. The fourth-order valence-electron chi connectivity index (χ4n) is 2.28. The van der Waals surface area contributed by atoms with Crippen molar-refractivity contribution >= 4 is 11.7 Å². The maximum absolute atomic E-state index is 11.6. The van der Waals surface area contributed by atoms with E-state index in [9.17, 15) is 4.79 Å². The van der Waals surface area contributed by atoms with E-state index in [-0.39, 0.29) is 12.1 Å². The molecule has 3 N–H and O–H groups in total. The third-order valence-corrected chi connectivity index (χ3v) is 3.43. The molecule has 0 heterocycles. The molecule has 1 aromatic rings. The van der Waals surface area contributed by atoms with Crippen LogP contribution in [-0.2, 0) is 4.84 Å². The van der Waals surface area contributed by atoms with Gasteiger partial charge in [-0.3, -0.25) is 4.84 Å². The third kappa shape index (κ3) is 4.54. The van der Waals surface area contributed by atoms with Crippen molar-refractivity contribution in [3.05, 3.63) is 30.3 Å². The summed E-state index contributed by atoms with van der Waals surface area (Å²) >= 11 is 0. The van der Waals surface area contributed by atoms with Crippen LogP contribution in [0.25, 0.3) is 0 Å². The van der Waals surface area contributed by atoms with Crippen LogP contribution in [0.5, 0.6) is 0 Å². The summed E-state index contributed by atoms with van der Waals surface area (Å²) in [6.07, 6.45) is 4.23. The standard InChI is InChI=1S/C14H21N3O2/c1-15-11-7-9-13(10-8-11)19-17-14(18)16-12-5-3-2-4-6-12/h2-6,11,13,15H,7-10H2,1H3,(H2,16,17,18). The molecular weight excluding hydrogens is 242 g/mol. The van der Waals surface area contributed by atoms with E-state index >= 15 is 0 Å². The lowest BCUT2D eigenvalue weighted by atomic mass is 9.93. The number of rotatable bonds is 4. The predicted molar refractivity (Wildman–Crippen MR) is 74.8 cm³/mol. The highest BCUT2D eigenvalue weighted by atomic mass is 16.7. The number of para-hydroxylation sites is 1. The molecule has 1 aliphatic carbocycles. The van der Waals surface area contributed by atoms with E-state index in [1.165, 1.54) is 0 Å². The first-order valence-corrected chi connectivity index (χ1v) is 6.73. The molecule has 0 bridgehead atoms. The predicted octanol–water partition coefficient (Wildman–Crippen LogP) is 2.27. The lowest BCUT2D eigenvalue weighted by molar-refractivity contribution is -0.0235. The number of carbonyl (C=O) groups is 1. The molecule has 0 aromatic heterocycles. The Balaban J connectivity index is 1.67. The number of hydrogen-bond acceptors (Lipinski definition) is 3. The smallest absolute Gasteiger partial charge is 0.317 e. The van der Waals surface area contributed by atoms with Gasteiger partial charge in [0.15, 0.2) is 0 Å². The van der Waals surface area contributed by atoms with E-state index in [2.05, 4.69) is 16.1 Å². The van der Waals surface area contributed by atoms with Crippen LogP contribution in [0.1, 0.15) is 25.7 Å². The van der Waals surface area contributed by atoms with Crippen LogP contribution in [0.15, 0.2) is 30.3 Å². The highest BCUT2D eigenvalue weighted by Crippen LogP contribution is 2.20. The van der Waals surface area contributed by atoms with E-state index in [1.54, 1.807) is 0 Å². The van der Waals surface area contributed by atoms with E-state index in [4.69, 9.17) is 4.84 Å². The van der Waals surface area contributed by atoms with Gasteiger partial charge in [-0.2, -0.15) is 0 Å². The normalized spacial score (nSPS) is 22.8. The van der Waals surface area contributed by atoms with Crippen LogP contribution >= 0.6 is 0 Å². The third-order valence-electron chi connectivity index (χ3n) is 3.43. The molecule has 0 aliphatic heterocycles. The molecule has 1 saturated carbocycles. The fraction of sp³-hybridized carbons (Fsp3) is 0.500. The Bertz CT molecular complexity index is 389. The first-order valence-electron chi connectivity index (χ1n) is 6.73. The monoisotopic (exact) mass is 263 g/mol. The first-order chi connectivity index (χ1) is 9.28. The Labute approximate surface area is 113 Å². The van der Waals surface area contributed by atoms with Crippen LogP contribution in [0.4, 0.5) is 10.5 Å². The summed E-state index contributed by atoms with van der Waals surface area (Å²) in [6, 6.07) is 9.56. The molecule has 2 amide bonds. The highest BCUT2D eigenvalue weighted by molar-refractivity contribution is 5.88. The van der Waals surface area contributed by atoms with Gasteiger partial charge in [0.2, 0.25) is 0 Å². The topological polar surface area (TPSA) is 62.4 Å². The number of anilines is 1. The zero-order chi connectivity index (χ0) is 13.5. The van der Waals surface area contributed by atoms with Crippen molar-refractivity contribution in [2.24, 2.45) is 0 Å². The van der Waals surface area contributed by atoms with E-state index in [0.717, 1.165) is 31.4 Å². The molecule has 1 fully saturated rings. The van der Waals surface area contributed by atoms with Gasteiger partial charge in [0.25, 0.3) is 0 Å². The van der Waals surface area contributed by atoms with Crippen molar-refractivity contribution in [3.8, 4) is 0 Å². The lowest BCUT2D eigenvalue weighted by Crippen LogP contribution is -2.38. The quantitative estimate of drug-likeness (QED) is 0.730. The second-order valence-corrected chi connectivity index (χ2v) is 4.80. The van der Waals surface area contributed by atoms with Gasteiger partial charge < -0.3 is 10.6 Å². The highest BCUT2D eigenvalue weighted by Gasteiger charge is 2.21. The maximum atomic E-state index is 11.6. The minimum Gasteiger partial charge on any atom is -0.317 e. The molecule has 0 atom stereocenters. The molecule has 5 nitrogen and oxygen atoms in total. The van der Waals surface area contributed by atoms with Gasteiger partial charge in [-0.25, -0.2) is 10.3 Å². The second kappa shape index (κ2) is 7.11. The minimum absolute atomic E-state index is 0.117. The average molecular weight is 263 g/mol. The van der Waals surface area contributed by atoms with E-state index < -0.39 is 0 Å². The Morgan fingerprint density at radius 3 is 2.47 bits per heavy atom. The number of hydroxylamine groups is 1. The largest absolute Gasteiger partial charge is 0.343 e. The van der Waals surface area contributed by atoms with Gasteiger partial charge in [-0.05, 0) is 44.9 Å². The summed E-state index contributed by atoms with van der Waals surface area (Å²) in [4.78, 5) is 17.0. The Hall–Kier alpha value is -1.59. The minimum atomic E-state index is -0.332. The number of benzene rings is 1. The molecule has 1 aromatic carbocycles. The van der Waals surface area contributed by atoms with Crippen LogP contribution < -0.4 is 16.1 Å². The SMILES string of the molecule is CNC1CCC(ONC(=O)Nc2ccccc2)CC1. The molecule has 0 unspecified atom stereocenters.